The van der Waals surface area contributed by atoms with Crippen LogP contribution in [0, 0.1) is 62.3 Å². The highest BCUT2D eigenvalue weighted by atomic mass is 31.2. The van der Waals surface area contributed by atoms with Gasteiger partial charge < -0.3 is 33.5 Å². The standard InChI is InChI=1S/3C29H30OP.H3O4P/c3*1-22-9-5-14-27(17-22)31(28-15-6-10-23(2)18-28,29-16-7-11-24(3)19-29)21-25-12-8-13-26(20-25)30-4;1-5(2,3)4/h3*5-20H,21H2,1-4H3;(H3,1,2,3,4)/q3*+1;/p-3. The topological polar surface area (TPSA) is 114 Å². The molecule has 11 heteroatoms. The molecule has 0 spiro atoms. The number of benzene rings is 12. The molecule has 12 aromatic rings. The Hall–Kier alpha value is -8.56. The average molecular weight is 1370 g/mol. The molecule has 0 aromatic heterocycles. The van der Waals surface area contributed by atoms with Crippen molar-refractivity contribution in [3.05, 3.63) is 358 Å². The summed E-state index contributed by atoms with van der Waals surface area (Å²) >= 11 is 0. The molecule has 0 fully saturated rings. The van der Waals surface area contributed by atoms with Gasteiger partial charge in [-0.1, -0.05) is 146 Å². The van der Waals surface area contributed by atoms with Gasteiger partial charge in [-0.15, -0.1) is 0 Å². The van der Waals surface area contributed by atoms with Crippen molar-refractivity contribution >= 4 is 77.4 Å². The molecular weight excluding hydrogens is 1280 g/mol. The van der Waals surface area contributed by atoms with Crippen molar-refractivity contribution in [2.45, 2.75) is 80.8 Å². The van der Waals surface area contributed by atoms with Gasteiger partial charge in [0.1, 0.15) is 86.8 Å². The van der Waals surface area contributed by atoms with E-state index in [2.05, 4.69) is 335 Å². The molecule has 0 radical (unpaired) electrons. The monoisotopic (exact) mass is 1370 g/mol. The number of ether oxygens (including phenoxy) is 3. The normalized spacial score (nSPS) is 11.4. The van der Waals surface area contributed by atoms with Crippen LogP contribution in [0.2, 0.25) is 0 Å². The van der Waals surface area contributed by atoms with Crippen LogP contribution in [0.15, 0.2) is 291 Å². The molecule has 12 aromatic carbocycles. The van der Waals surface area contributed by atoms with Gasteiger partial charge in [0.2, 0.25) is 0 Å². The molecular formula is C87H90O7P4. The Balaban J connectivity index is 0.000000166. The zero-order chi connectivity index (χ0) is 70.0. The third kappa shape index (κ3) is 18.8. The molecule has 500 valence electrons. The molecule has 0 aliphatic heterocycles. The minimum Gasteiger partial charge on any atom is -0.822 e. The minimum atomic E-state index is -5.39. The largest absolute Gasteiger partial charge is 0.822 e. The molecule has 0 heterocycles. The second-order valence-corrected chi connectivity index (χ2v) is 36.8. The highest BCUT2D eigenvalue weighted by Gasteiger charge is 2.49. The SMILES string of the molecule is COc1cccc(C[P+](c2cccc(C)c2)(c2cccc(C)c2)c2cccc(C)c2)c1.COc1cccc(C[P+](c2cccc(C)c2)(c2cccc(C)c2)c2cccc(C)c2)c1.COc1cccc(C[P+](c2cccc(C)c2)(c2cccc(C)c2)c2cccc(C)c2)c1.O=P([O-])([O-])[O-]. The second-order valence-electron chi connectivity index (χ2n) is 25.5. The lowest BCUT2D eigenvalue weighted by Crippen LogP contribution is -2.33. The molecule has 98 heavy (non-hydrogen) atoms. The molecule has 7 nitrogen and oxygen atoms in total. The molecule has 0 aliphatic carbocycles. The predicted molar refractivity (Wildman–Crippen MR) is 416 cm³/mol. The minimum absolute atomic E-state index is 0.910. The Morgan fingerprint density at radius 2 is 0.388 bits per heavy atom. The first-order valence-electron chi connectivity index (χ1n) is 32.9. The van der Waals surface area contributed by atoms with Gasteiger partial charge in [0.05, 0.1) is 39.8 Å². The van der Waals surface area contributed by atoms with E-state index in [1.54, 1.807) is 21.3 Å². The fourth-order valence-electron chi connectivity index (χ4n) is 13.1. The summed E-state index contributed by atoms with van der Waals surface area (Å²) < 4.78 is 25.2. The Morgan fingerprint density at radius 1 is 0.245 bits per heavy atom. The van der Waals surface area contributed by atoms with Crippen LogP contribution in [0.1, 0.15) is 66.8 Å². The van der Waals surface area contributed by atoms with Gasteiger partial charge in [-0.05, 0) is 275 Å². The summed E-state index contributed by atoms with van der Waals surface area (Å²) in [7, 11) is -6.00. The van der Waals surface area contributed by atoms with Crippen LogP contribution in [0.25, 0.3) is 0 Å². The number of hydrogen-bond donors (Lipinski definition) is 0. The Labute approximate surface area is 584 Å². The third-order valence-electron chi connectivity index (χ3n) is 17.6. The van der Waals surface area contributed by atoms with Gasteiger partial charge in [0, 0.05) is 0 Å². The molecule has 12 rings (SSSR count). The average Bonchev–Trinajstić information content (AvgIpc) is 0.762. The van der Waals surface area contributed by atoms with Crippen molar-refractivity contribution in [2.24, 2.45) is 0 Å². The van der Waals surface area contributed by atoms with E-state index in [4.69, 9.17) is 33.5 Å². The number of hydrogen-bond acceptors (Lipinski definition) is 7. The third-order valence-corrected chi connectivity index (χ3v) is 30.6. The summed E-state index contributed by atoms with van der Waals surface area (Å²) in [5, 5.41) is 12.8. The molecule has 0 aliphatic rings. The molecule has 0 N–H and O–H groups in total. The van der Waals surface area contributed by atoms with E-state index >= 15 is 0 Å². The first kappa shape index (κ1) is 73.7. The summed E-state index contributed by atoms with van der Waals surface area (Å²) in [4.78, 5) is 25.6. The zero-order valence-corrected chi connectivity index (χ0v) is 62.1. The van der Waals surface area contributed by atoms with Crippen molar-refractivity contribution < 1.29 is 33.5 Å². The summed E-state index contributed by atoms with van der Waals surface area (Å²) in [5.41, 5.74) is 15.6. The summed E-state index contributed by atoms with van der Waals surface area (Å²) in [6.45, 7) is 19.7. The molecule has 0 saturated heterocycles. The first-order chi connectivity index (χ1) is 47.0. The van der Waals surface area contributed by atoms with Crippen LogP contribution in [-0.2, 0) is 23.1 Å². The number of phosphoric acid groups is 1. The van der Waals surface area contributed by atoms with Crippen molar-refractivity contribution in [3.8, 4) is 17.2 Å². The van der Waals surface area contributed by atoms with Gasteiger partial charge in [0.15, 0.2) is 0 Å². The Kier molecular flexibility index (Phi) is 25.4. The summed E-state index contributed by atoms with van der Waals surface area (Å²) in [6, 6.07) is 108. The zero-order valence-electron chi connectivity index (χ0n) is 58.5. The van der Waals surface area contributed by atoms with E-state index in [1.165, 1.54) is 115 Å². The van der Waals surface area contributed by atoms with E-state index in [0.29, 0.717) is 0 Å². The number of rotatable bonds is 18. The van der Waals surface area contributed by atoms with E-state index in [1.807, 2.05) is 18.2 Å². The van der Waals surface area contributed by atoms with Crippen LogP contribution in [0.5, 0.6) is 17.2 Å². The second kappa shape index (κ2) is 33.8. The number of methoxy groups -OCH3 is 3. The fourth-order valence-corrected chi connectivity index (χ4v) is 26.5. The lowest BCUT2D eigenvalue weighted by molar-refractivity contribution is -0.432. The van der Waals surface area contributed by atoms with E-state index < -0.39 is 29.6 Å². The highest BCUT2D eigenvalue weighted by Crippen LogP contribution is 2.61. The van der Waals surface area contributed by atoms with Gasteiger partial charge in [0.25, 0.3) is 0 Å². The molecule has 0 unspecified atom stereocenters. The van der Waals surface area contributed by atoms with Crippen molar-refractivity contribution in [3.63, 3.8) is 0 Å². The van der Waals surface area contributed by atoms with Crippen LogP contribution in [0.3, 0.4) is 0 Å². The lowest BCUT2D eigenvalue weighted by atomic mass is 10.2. The fraction of sp³-hybridized carbons (Fsp3) is 0.172. The maximum Gasteiger partial charge on any atom is 0.119 e. The van der Waals surface area contributed by atoms with E-state index in [0.717, 1.165) is 35.7 Å². The first-order valence-corrected chi connectivity index (χ1v) is 40.3. The van der Waals surface area contributed by atoms with Crippen LogP contribution in [-0.4, -0.2) is 21.3 Å². The van der Waals surface area contributed by atoms with Crippen LogP contribution < -0.4 is 76.6 Å². The highest BCUT2D eigenvalue weighted by molar-refractivity contribution is 7.96. The van der Waals surface area contributed by atoms with Crippen molar-refractivity contribution in [2.75, 3.05) is 21.3 Å². The van der Waals surface area contributed by atoms with Crippen molar-refractivity contribution in [1.82, 2.24) is 0 Å². The van der Waals surface area contributed by atoms with Gasteiger partial charge in [-0.3, -0.25) is 0 Å². The predicted octanol–water partition coefficient (Wildman–Crippen LogP) is 15.5. The van der Waals surface area contributed by atoms with Gasteiger partial charge in [-0.25, -0.2) is 0 Å². The summed E-state index contributed by atoms with van der Waals surface area (Å²) in [6.07, 6.45) is 2.88. The van der Waals surface area contributed by atoms with Gasteiger partial charge in [-0.2, -0.15) is 7.82 Å². The molecule has 0 bridgehead atoms. The molecule has 0 saturated carbocycles. The smallest absolute Gasteiger partial charge is 0.119 e. The quantitative estimate of drug-likeness (QED) is 0.0786. The van der Waals surface area contributed by atoms with Crippen LogP contribution in [0.4, 0.5) is 0 Å². The maximum atomic E-state index is 8.55. The summed E-state index contributed by atoms with van der Waals surface area (Å²) in [5.74, 6) is 2.73. The van der Waals surface area contributed by atoms with Gasteiger partial charge >= 0.3 is 0 Å². The van der Waals surface area contributed by atoms with Crippen LogP contribution >= 0.6 is 29.6 Å². The Bertz CT molecular complexity index is 3900. The van der Waals surface area contributed by atoms with E-state index in [-0.39, 0.29) is 0 Å². The Morgan fingerprint density at radius 3 is 0.520 bits per heavy atom. The number of aryl methyl sites for hydroxylation is 9. The van der Waals surface area contributed by atoms with E-state index in [9.17, 15) is 0 Å². The van der Waals surface area contributed by atoms with Crippen molar-refractivity contribution in [1.29, 1.82) is 0 Å². The maximum absolute atomic E-state index is 8.55. The lowest BCUT2D eigenvalue weighted by Gasteiger charge is -2.36. The molecule has 0 atom stereocenters. The molecule has 0 amide bonds.